The number of benzene rings is 1. The second-order valence-electron chi connectivity index (χ2n) is 6.81. The Hall–Kier alpha value is -1.30. The van der Waals surface area contributed by atoms with Gasteiger partial charge in [0.05, 0.1) is 7.05 Å². The molecule has 1 aromatic carbocycles. The summed E-state index contributed by atoms with van der Waals surface area (Å²) >= 11 is 11.9. The number of rotatable bonds is 13. The Morgan fingerprint density at radius 1 is 1.15 bits per heavy atom. The number of hydrogen-bond acceptors (Lipinski definition) is 3. The zero-order valence-electron chi connectivity index (χ0n) is 16.0. The second kappa shape index (κ2) is 11.5. The summed E-state index contributed by atoms with van der Waals surface area (Å²) in [5.74, 6) is 2.28. The van der Waals surface area contributed by atoms with Crippen LogP contribution in [0.5, 0.6) is 0 Å². The molecule has 7 heteroatoms. The summed E-state index contributed by atoms with van der Waals surface area (Å²) in [4.78, 5) is 16.8. The number of ketones is 1. The number of aliphatic hydroxyl groups excluding tert-OH is 1. The first-order valence-electron chi connectivity index (χ1n) is 9.60. The topological polar surface area (TPSA) is 60.2 Å². The van der Waals surface area contributed by atoms with Gasteiger partial charge in [-0.25, -0.2) is 9.55 Å². The molecule has 1 heterocycles. The summed E-state index contributed by atoms with van der Waals surface area (Å²) < 4.78 is 2.22. The van der Waals surface area contributed by atoms with Gasteiger partial charge in [-0.1, -0.05) is 12.8 Å². The van der Waals surface area contributed by atoms with Gasteiger partial charge in [0.1, 0.15) is 6.61 Å². The van der Waals surface area contributed by atoms with Gasteiger partial charge in [0.25, 0.3) is 5.82 Å². The lowest BCUT2D eigenvalue weighted by molar-refractivity contribution is -0.652. The highest BCUT2D eigenvalue weighted by Crippen LogP contribution is 2.20. The minimum Gasteiger partial charge on any atom is -0.389 e. The number of anilines is 1. The fraction of sp³-hybridized carbons (Fsp3) is 0.600. The Bertz CT molecular complexity index is 727. The number of Topliss-reactive ketones (excluding diaryl/α,β-unsaturated/α-hetero) is 1. The lowest BCUT2D eigenvalue weighted by Crippen LogP contribution is -2.32. The fourth-order valence-corrected chi connectivity index (χ4v) is 3.74. The normalized spacial score (nSPS) is 11.3. The number of nitrogens with zero attached hydrogens (tertiary/aromatic N) is 2. The molecule has 0 saturated heterocycles. The van der Waals surface area contributed by atoms with Crippen LogP contribution in [0.3, 0.4) is 0 Å². The van der Waals surface area contributed by atoms with Crippen molar-refractivity contribution in [2.75, 3.05) is 36.4 Å². The number of hydrogen-bond donors (Lipinski definition) is 2. The zero-order chi connectivity index (χ0) is 19.6. The summed E-state index contributed by atoms with van der Waals surface area (Å²) in [6.07, 6.45) is 5.50. The maximum Gasteiger partial charge on any atom is 0.254 e. The van der Waals surface area contributed by atoms with Gasteiger partial charge in [0.15, 0.2) is 16.8 Å². The van der Waals surface area contributed by atoms with E-state index in [9.17, 15) is 4.79 Å². The molecule has 0 spiro atoms. The monoisotopic (exact) mass is 414 g/mol. The van der Waals surface area contributed by atoms with Gasteiger partial charge < -0.3 is 10.0 Å². The van der Waals surface area contributed by atoms with Crippen molar-refractivity contribution in [3.05, 3.63) is 24.0 Å². The van der Waals surface area contributed by atoms with Crippen LogP contribution in [0, 0.1) is 0 Å². The highest BCUT2D eigenvalue weighted by molar-refractivity contribution is 6.18. The Morgan fingerprint density at radius 3 is 2.52 bits per heavy atom. The lowest BCUT2D eigenvalue weighted by Gasteiger charge is -2.22. The molecule has 2 N–H and O–H groups in total. The number of aryl methyl sites for hydroxylation is 2. The van der Waals surface area contributed by atoms with E-state index < -0.39 is 0 Å². The van der Waals surface area contributed by atoms with Gasteiger partial charge in [-0.15, -0.1) is 23.2 Å². The molecule has 2 rings (SSSR count). The van der Waals surface area contributed by atoms with Crippen LogP contribution in [0.15, 0.2) is 18.2 Å². The van der Waals surface area contributed by atoms with Crippen molar-refractivity contribution in [1.29, 1.82) is 0 Å². The van der Waals surface area contributed by atoms with E-state index in [1.54, 1.807) is 0 Å². The van der Waals surface area contributed by atoms with Crippen molar-refractivity contribution < 1.29 is 14.5 Å². The quantitative estimate of drug-likeness (QED) is 0.300. The van der Waals surface area contributed by atoms with Crippen LogP contribution in [0.2, 0.25) is 0 Å². The van der Waals surface area contributed by atoms with Crippen molar-refractivity contribution in [3.63, 3.8) is 0 Å². The predicted molar refractivity (Wildman–Crippen MR) is 112 cm³/mol. The van der Waals surface area contributed by atoms with Crippen LogP contribution in [0.25, 0.3) is 11.0 Å². The summed E-state index contributed by atoms with van der Waals surface area (Å²) in [7, 11) is 2.09. The molecule has 0 aliphatic heterocycles. The molecule has 0 aliphatic carbocycles. The summed E-state index contributed by atoms with van der Waals surface area (Å²) in [5, 5.41) is 8.73. The third-order valence-corrected chi connectivity index (χ3v) is 5.23. The number of aromatic amines is 1. The maximum atomic E-state index is 11.1. The van der Waals surface area contributed by atoms with E-state index in [1.165, 1.54) is 11.3 Å². The van der Waals surface area contributed by atoms with Crippen LogP contribution in [0.1, 0.15) is 37.9 Å². The minimum atomic E-state index is -0.333. The van der Waals surface area contributed by atoms with Crippen molar-refractivity contribution in [3.8, 4) is 0 Å². The Balaban J connectivity index is 1.96. The molecular weight excluding hydrogens is 385 g/mol. The van der Waals surface area contributed by atoms with Crippen LogP contribution < -0.4 is 9.47 Å². The number of fused-ring (bicyclic) bond motifs is 1. The van der Waals surface area contributed by atoms with Gasteiger partial charge in [0.2, 0.25) is 0 Å². The number of carbonyl (C=O) groups excluding carboxylic acids is 1. The Labute approximate surface area is 171 Å². The smallest absolute Gasteiger partial charge is 0.254 e. The molecule has 27 heavy (non-hydrogen) atoms. The number of aliphatic hydroxyl groups is 1. The molecule has 0 fully saturated rings. The summed E-state index contributed by atoms with van der Waals surface area (Å²) in [6, 6.07) is 6.42. The van der Waals surface area contributed by atoms with E-state index in [2.05, 4.69) is 39.7 Å². The first-order chi connectivity index (χ1) is 13.1. The van der Waals surface area contributed by atoms with E-state index in [1.807, 2.05) is 0 Å². The predicted octanol–water partition coefficient (Wildman–Crippen LogP) is 3.33. The average molecular weight is 415 g/mol. The fourth-order valence-electron chi connectivity index (χ4n) is 3.34. The van der Waals surface area contributed by atoms with E-state index in [-0.39, 0.29) is 12.4 Å². The second-order valence-corrected chi connectivity index (χ2v) is 7.56. The van der Waals surface area contributed by atoms with E-state index in [0.29, 0.717) is 18.2 Å². The number of alkyl halides is 2. The SMILES string of the molecule is C[n+]1c(CCCCCCC(=O)CO)[nH]c2ccc(N(CCCl)CCCl)cc21. The standard InChI is InChI=1S/C20H29Cl2N3O2/c1-24-19-14-16(25(12-10-21)13-11-22)8-9-18(19)23-20(24)7-5-3-2-4-6-17(27)15-26/h8-9,14,26H,2-7,10-13,15H2,1H3/p+1. The van der Waals surface area contributed by atoms with Crippen molar-refractivity contribution in [1.82, 2.24) is 4.98 Å². The highest BCUT2D eigenvalue weighted by Gasteiger charge is 2.17. The van der Waals surface area contributed by atoms with Crippen molar-refractivity contribution in [2.45, 2.75) is 38.5 Å². The lowest BCUT2D eigenvalue weighted by atomic mass is 10.1. The summed E-state index contributed by atoms with van der Waals surface area (Å²) in [6.45, 7) is 1.22. The molecule has 0 amide bonds. The third-order valence-electron chi connectivity index (χ3n) is 4.90. The van der Waals surface area contributed by atoms with Crippen LogP contribution >= 0.6 is 23.2 Å². The Kier molecular flexibility index (Phi) is 9.39. The van der Waals surface area contributed by atoms with Gasteiger partial charge in [-0.05, 0) is 25.0 Å². The molecule has 0 atom stereocenters. The van der Waals surface area contributed by atoms with Gasteiger partial charge in [-0.3, -0.25) is 4.79 Å². The minimum absolute atomic E-state index is 0.0646. The molecule has 0 radical (unpaired) electrons. The summed E-state index contributed by atoms with van der Waals surface area (Å²) in [5.41, 5.74) is 3.44. The Morgan fingerprint density at radius 2 is 1.85 bits per heavy atom. The molecule has 0 saturated carbocycles. The molecule has 0 unspecified atom stereocenters. The largest absolute Gasteiger partial charge is 0.389 e. The van der Waals surface area contributed by atoms with Crippen molar-refractivity contribution in [2.24, 2.45) is 7.05 Å². The van der Waals surface area contributed by atoms with E-state index in [4.69, 9.17) is 28.3 Å². The molecule has 0 aliphatic rings. The highest BCUT2D eigenvalue weighted by atomic mass is 35.5. The number of carbonyl (C=O) groups is 1. The number of aromatic nitrogens is 2. The maximum absolute atomic E-state index is 11.1. The van der Waals surface area contributed by atoms with Gasteiger partial charge >= 0.3 is 0 Å². The number of nitrogens with one attached hydrogen (secondary N) is 1. The molecule has 2 aromatic rings. The number of H-pyrrole nitrogens is 1. The van der Waals surface area contributed by atoms with E-state index in [0.717, 1.165) is 56.4 Å². The van der Waals surface area contributed by atoms with Crippen molar-refractivity contribution >= 4 is 45.7 Å². The third kappa shape index (κ3) is 6.37. The first-order valence-corrected chi connectivity index (χ1v) is 10.7. The molecular formula is C20H30Cl2N3O2+. The molecule has 150 valence electrons. The van der Waals surface area contributed by atoms with Crippen LogP contribution in [0.4, 0.5) is 5.69 Å². The van der Waals surface area contributed by atoms with Crippen LogP contribution in [-0.2, 0) is 18.3 Å². The van der Waals surface area contributed by atoms with E-state index >= 15 is 0 Å². The van der Waals surface area contributed by atoms with Gasteiger partial charge in [0, 0.05) is 49.4 Å². The number of unbranched alkanes of at least 4 members (excludes halogenated alkanes) is 3. The zero-order valence-corrected chi connectivity index (χ0v) is 17.5. The van der Waals surface area contributed by atoms with Crippen LogP contribution in [-0.4, -0.2) is 47.3 Å². The molecule has 1 aromatic heterocycles. The number of halogens is 2. The molecule has 0 bridgehead atoms. The van der Waals surface area contributed by atoms with Gasteiger partial charge in [-0.2, -0.15) is 0 Å². The average Bonchev–Trinajstić information content (AvgIpc) is 2.99. The molecule has 5 nitrogen and oxygen atoms in total. The number of imidazole rings is 1. The first kappa shape index (κ1) is 22.0.